The summed E-state index contributed by atoms with van der Waals surface area (Å²) in [5, 5.41) is 0. The zero-order valence-electron chi connectivity index (χ0n) is 3.98. The van der Waals surface area contributed by atoms with Gasteiger partial charge in [0.25, 0.3) is 0 Å². The van der Waals surface area contributed by atoms with Gasteiger partial charge in [-0.1, -0.05) is 0 Å². The number of halogens is 2. The molecule has 0 unspecified atom stereocenters. The van der Waals surface area contributed by atoms with Crippen molar-refractivity contribution >= 4 is 27.3 Å². The Morgan fingerprint density at radius 3 is 1.43 bits per heavy atom. The molecule has 1 N–H and O–H groups in total. The molecule has 0 aromatic carbocycles. The predicted octanol–water partition coefficient (Wildman–Crippen LogP) is 2.01. The maximum atomic E-state index is 8.12. The van der Waals surface area contributed by atoms with Crippen LogP contribution in [0.5, 0.6) is 0 Å². The second-order valence-electron chi connectivity index (χ2n) is 0.895. The minimum atomic E-state index is -0.620. The fourth-order valence-electron chi connectivity index (χ4n) is 0. The van der Waals surface area contributed by atoms with E-state index in [1.165, 1.54) is 0 Å². The Labute approximate surface area is 61.2 Å². The van der Waals surface area contributed by atoms with Gasteiger partial charge in [0, 0.05) is 8.15 Å². The van der Waals surface area contributed by atoms with Crippen LogP contribution in [0.1, 0.15) is 0 Å². The van der Waals surface area contributed by atoms with E-state index in [2.05, 4.69) is 0 Å². The molecule has 0 saturated heterocycles. The summed E-state index contributed by atoms with van der Waals surface area (Å²) in [4.78, 5) is 8.12. The molecule has 0 fully saturated rings. The molecule has 0 aliphatic rings. The van der Waals surface area contributed by atoms with E-state index in [1.807, 2.05) is 0 Å². The molecule has 0 bridgehead atoms. The summed E-state index contributed by atoms with van der Waals surface area (Å²) >= 11 is -0.556. The van der Waals surface area contributed by atoms with E-state index in [4.69, 9.17) is 24.1 Å². The summed E-state index contributed by atoms with van der Waals surface area (Å²) in [6, 6.07) is 0. The van der Waals surface area contributed by atoms with Crippen LogP contribution in [0.25, 0.3) is 0 Å². The van der Waals surface area contributed by atoms with Crippen LogP contribution < -0.4 is 0 Å². The topological polar surface area (TPSA) is 20.2 Å². The molecule has 1 nitrogen and oxygen atoms in total. The molecule has 0 rings (SSSR count). The first-order chi connectivity index (χ1) is 3.15. The predicted molar refractivity (Wildman–Crippen MR) is 32.7 cm³/mol. The van der Waals surface area contributed by atoms with E-state index in [-0.39, 0.29) is 0 Å². The van der Waals surface area contributed by atoms with Crippen LogP contribution in [0.3, 0.4) is 0 Å². The van der Waals surface area contributed by atoms with Gasteiger partial charge in [0.05, 0.1) is 0 Å². The van der Waals surface area contributed by atoms with Gasteiger partial charge in [-0.25, -0.2) is 0 Å². The van der Waals surface area contributed by atoms with Crippen molar-refractivity contribution in [3.63, 3.8) is 0 Å². The van der Waals surface area contributed by atoms with Crippen LogP contribution in [0.4, 0.5) is 0 Å². The van der Waals surface area contributed by atoms with E-state index in [0.29, 0.717) is 0 Å². The van der Waals surface area contributed by atoms with Gasteiger partial charge in [0.2, 0.25) is 0 Å². The summed E-state index contributed by atoms with van der Waals surface area (Å²) in [5.41, 5.74) is 0. The van der Waals surface area contributed by atoms with Crippen LogP contribution >= 0.6 is 27.3 Å². The molecule has 0 radical (unpaired) electrons. The quantitative estimate of drug-likeness (QED) is 0.669. The monoisotopic (exact) mass is 341 g/mol. The van der Waals surface area contributed by atoms with E-state index in [9.17, 15) is 0 Å². The third-order valence-corrected chi connectivity index (χ3v) is 0. The summed E-state index contributed by atoms with van der Waals surface area (Å²) in [7, 11) is 9.16. The molecular weight excluding hydrogens is 334 g/mol. The van der Waals surface area contributed by atoms with E-state index >= 15 is 0 Å². The van der Waals surface area contributed by atoms with Crippen LogP contribution in [0.15, 0.2) is 0 Å². The van der Waals surface area contributed by atoms with Crippen LogP contribution in [0, 0.1) is 0 Å². The molecule has 0 aliphatic heterocycles. The molecule has 0 heterocycles. The Balaban J connectivity index is 0. The van der Waals surface area contributed by atoms with E-state index in [0.717, 1.165) is 0 Å². The van der Waals surface area contributed by atoms with Gasteiger partial charge in [0.15, 0.2) is 0 Å². The van der Waals surface area contributed by atoms with Crippen molar-refractivity contribution in [3.05, 3.63) is 0 Å². The molecular formula is C2H7Cl2IrOP. The summed E-state index contributed by atoms with van der Waals surface area (Å²) < 4.78 is 0. The average molecular weight is 341 g/mol. The number of hydrogen-bond acceptors (Lipinski definition) is 1. The van der Waals surface area contributed by atoms with Crippen molar-refractivity contribution in [1.82, 2.24) is 0 Å². The van der Waals surface area contributed by atoms with Gasteiger partial charge in [-0.2, -0.15) is 0 Å². The van der Waals surface area contributed by atoms with E-state index in [1.54, 1.807) is 13.3 Å². The third-order valence-electron chi connectivity index (χ3n) is 0. The Morgan fingerprint density at radius 1 is 1.43 bits per heavy atom. The first kappa shape index (κ1) is 11.4. The Morgan fingerprint density at radius 2 is 1.43 bits per heavy atom. The first-order valence-electron chi connectivity index (χ1n) is 1.35. The Hall–Kier alpha value is 1.62. The zero-order valence-corrected chi connectivity index (χ0v) is 8.79. The minimum absolute atomic E-state index is 0.556. The van der Waals surface area contributed by atoms with Crippen molar-refractivity contribution in [2.24, 2.45) is 0 Å². The van der Waals surface area contributed by atoms with Gasteiger partial charge in [-0.3, -0.25) is 0 Å². The second-order valence-corrected chi connectivity index (χ2v) is 6.05. The van der Waals surface area contributed by atoms with Gasteiger partial charge in [0.1, 0.15) is 0 Å². The molecule has 7 heavy (non-hydrogen) atoms. The molecule has 0 spiro atoms. The summed E-state index contributed by atoms with van der Waals surface area (Å²) in [6.45, 7) is 3.57. The number of rotatable bonds is 0. The molecule has 5 heteroatoms. The van der Waals surface area contributed by atoms with Gasteiger partial charge in [-0.15, -0.1) is 0 Å². The normalized spacial score (nSPS) is 8.29. The number of hydrogen-bond donors (Lipinski definition) is 1. The summed E-state index contributed by atoms with van der Waals surface area (Å²) in [5.74, 6) is 0. The van der Waals surface area contributed by atoms with Crippen LogP contribution in [-0.4, -0.2) is 18.2 Å². The fraction of sp³-hybridized carbons (Fsp3) is 1.00. The molecule has 0 aromatic rings. The van der Waals surface area contributed by atoms with Gasteiger partial charge in [-0.05, 0) is 13.3 Å². The molecule has 49 valence electrons. The third kappa shape index (κ3) is 91.8. The van der Waals surface area contributed by atoms with Gasteiger partial charge >= 0.3 is 34.8 Å². The summed E-state index contributed by atoms with van der Waals surface area (Å²) in [6.07, 6.45) is 0. The molecule has 0 atom stereocenters. The standard InChI is InChI=1S/C2H7OP.2ClH.Ir/c1-4(2)3;;;/h3H,1-2H3;2*1H;/q;;;+2/p-2. The second kappa shape index (κ2) is 10.6. The fourth-order valence-corrected chi connectivity index (χ4v) is 0. The molecule has 0 aromatic heterocycles. The Bertz CT molecular complexity index is 26.9. The van der Waals surface area contributed by atoms with E-state index < -0.39 is 23.8 Å². The van der Waals surface area contributed by atoms with Crippen molar-refractivity contribution in [1.29, 1.82) is 0 Å². The average Bonchev–Trinajstić information content (AvgIpc) is 1.33. The zero-order chi connectivity index (χ0) is 6.28. The molecule has 0 saturated carbocycles. The van der Waals surface area contributed by atoms with Crippen LogP contribution in [-0.2, 0) is 15.7 Å². The molecule has 0 aliphatic carbocycles. The van der Waals surface area contributed by atoms with Crippen molar-refractivity contribution < 1.29 is 20.6 Å². The van der Waals surface area contributed by atoms with Crippen molar-refractivity contribution in [3.8, 4) is 0 Å². The SMILES string of the molecule is CP(C)O.[Cl][Ir][Cl]. The maximum absolute atomic E-state index is 8.12. The van der Waals surface area contributed by atoms with Gasteiger partial charge < -0.3 is 4.89 Å². The van der Waals surface area contributed by atoms with Crippen LogP contribution in [0.2, 0.25) is 0 Å². The van der Waals surface area contributed by atoms with Crippen molar-refractivity contribution in [2.75, 3.05) is 13.3 Å². The molecule has 0 amide bonds. The van der Waals surface area contributed by atoms with Crippen molar-refractivity contribution in [2.45, 2.75) is 0 Å². The first-order valence-corrected chi connectivity index (χ1v) is 9.47. The Kier molecular flexibility index (Phi) is 17.2.